The van der Waals surface area contributed by atoms with Gasteiger partial charge in [-0.1, -0.05) is 6.07 Å². The number of ether oxygens (including phenoxy) is 2. The van der Waals surface area contributed by atoms with Crippen molar-refractivity contribution >= 4 is 18.9 Å². The summed E-state index contributed by atoms with van der Waals surface area (Å²) in [5.74, 6) is -0.955. The van der Waals surface area contributed by atoms with Crippen molar-refractivity contribution in [3.05, 3.63) is 22.4 Å². The van der Waals surface area contributed by atoms with E-state index in [0.29, 0.717) is 33.0 Å². The molecule has 0 aromatic carbocycles. The fourth-order valence-corrected chi connectivity index (χ4v) is 7.58. The summed E-state index contributed by atoms with van der Waals surface area (Å²) < 4.78 is 37.3. The second-order valence-corrected chi connectivity index (χ2v) is 9.96. The Balaban J connectivity index is 1.69. The molecule has 2 aliphatic heterocycles. The molecule has 0 radical (unpaired) electrons. The molecule has 140 valence electrons. The van der Waals surface area contributed by atoms with Crippen molar-refractivity contribution in [2.24, 2.45) is 5.41 Å². The molecule has 0 amide bonds. The van der Waals surface area contributed by atoms with Crippen LogP contribution in [0.25, 0.3) is 0 Å². The van der Waals surface area contributed by atoms with Gasteiger partial charge in [-0.3, -0.25) is 9.46 Å². The predicted octanol–water partition coefficient (Wildman–Crippen LogP) is 3.85. The van der Waals surface area contributed by atoms with Gasteiger partial charge in [0.25, 0.3) is 0 Å². The van der Waals surface area contributed by atoms with Gasteiger partial charge in [0.2, 0.25) is 0 Å². The summed E-state index contributed by atoms with van der Waals surface area (Å²) >= 11 is 1.59. The number of likely N-dealkylation sites (tertiary alicyclic amines) is 1. The highest BCUT2D eigenvalue weighted by molar-refractivity contribution is 7.54. The van der Waals surface area contributed by atoms with E-state index in [1.54, 1.807) is 11.3 Å². The standard InChI is InChI=1S/C17H26NO5PS/c1-3-22-24(19,23-4-2)15(14-6-5-11-25-14)18-12-16(7-8-16)17(13-18)20-9-10-21-17/h5-6,11,15H,3-4,7-10,12-13H2,1-2H3. The summed E-state index contributed by atoms with van der Waals surface area (Å²) in [6, 6.07) is 4.00. The molecule has 0 N–H and O–H groups in total. The quantitative estimate of drug-likeness (QED) is 0.663. The van der Waals surface area contributed by atoms with E-state index in [2.05, 4.69) is 4.90 Å². The number of hydrogen-bond acceptors (Lipinski definition) is 7. The first-order valence-corrected chi connectivity index (χ1v) is 11.5. The van der Waals surface area contributed by atoms with Gasteiger partial charge >= 0.3 is 7.60 Å². The molecule has 1 aliphatic carbocycles. The van der Waals surface area contributed by atoms with Gasteiger partial charge in [-0.2, -0.15) is 0 Å². The molecule has 2 saturated heterocycles. The van der Waals surface area contributed by atoms with Crippen LogP contribution in [0.5, 0.6) is 0 Å². The fraction of sp³-hybridized carbons (Fsp3) is 0.765. The van der Waals surface area contributed by atoms with Gasteiger partial charge < -0.3 is 18.5 Å². The van der Waals surface area contributed by atoms with E-state index < -0.39 is 19.2 Å². The molecule has 3 heterocycles. The highest BCUT2D eigenvalue weighted by Crippen LogP contribution is 2.68. The first kappa shape index (κ1) is 18.1. The molecule has 1 unspecified atom stereocenters. The predicted molar refractivity (Wildman–Crippen MR) is 95.8 cm³/mol. The van der Waals surface area contributed by atoms with Gasteiger partial charge in [0.1, 0.15) is 5.78 Å². The summed E-state index contributed by atoms with van der Waals surface area (Å²) in [7, 11) is -3.33. The third kappa shape index (κ3) is 2.94. The van der Waals surface area contributed by atoms with Gasteiger partial charge in [0.05, 0.1) is 33.0 Å². The molecule has 4 rings (SSSR count). The maximum absolute atomic E-state index is 13.7. The summed E-state index contributed by atoms with van der Waals surface area (Å²) in [6.45, 7) is 7.11. The zero-order valence-electron chi connectivity index (χ0n) is 14.8. The molecule has 1 aromatic rings. The largest absolute Gasteiger partial charge is 0.352 e. The molecule has 1 saturated carbocycles. The van der Waals surface area contributed by atoms with Crippen LogP contribution in [0.1, 0.15) is 37.3 Å². The zero-order valence-corrected chi connectivity index (χ0v) is 16.5. The molecule has 6 nitrogen and oxygen atoms in total. The Hall–Kier alpha value is -0.270. The van der Waals surface area contributed by atoms with Crippen LogP contribution in [-0.2, 0) is 23.1 Å². The molecular weight excluding hydrogens is 361 g/mol. The number of fused-ring (bicyclic) bond motifs is 1. The average Bonchev–Trinajstić information content (AvgIpc) is 2.96. The van der Waals surface area contributed by atoms with Crippen LogP contribution in [0.15, 0.2) is 17.5 Å². The second-order valence-electron chi connectivity index (χ2n) is 6.90. The van der Waals surface area contributed by atoms with Gasteiger partial charge in [-0.15, -0.1) is 11.3 Å². The maximum atomic E-state index is 13.7. The third-order valence-corrected chi connectivity index (χ3v) is 8.93. The van der Waals surface area contributed by atoms with Crippen molar-refractivity contribution in [1.82, 2.24) is 4.90 Å². The van der Waals surface area contributed by atoms with Crippen LogP contribution in [0.3, 0.4) is 0 Å². The minimum absolute atomic E-state index is 0.0300. The monoisotopic (exact) mass is 387 g/mol. The minimum Gasteiger partial charge on any atom is -0.346 e. The zero-order chi connectivity index (χ0) is 17.5. The number of nitrogens with zero attached hydrogens (tertiary/aromatic N) is 1. The number of hydrogen-bond donors (Lipinski definition) is 0. The van der Waals surface area contributed by atoms with Crippen LogP contribution >= 0.6 is 18.9 Å². The van der Waals surface area contributed by atoms with Crippen LogP contribution in [0.2, 0.25) is 0 Å². The first-order valence-electron chi connectivity index (χ1n) is 9.02. The molecule has 3 fully saturated rings. The maximum Gasteiger partial charge on any atom is 0.352 e. The fourth-order valence-electron chi connectivity index (χ4n) is 4.23. The molecule has 2 spiro atoms. The minimum atomic E-state index is -3.33. The van der Waals surface area contributed by atoms with Crippen molar-refractivity contribution in [3.63, 3.8) is 0 Å². The molecule has 1 atom stereocenters. The van der Waals surface area contributed by atoms with Crippen molar-refractivity contribution < 1.29 is 23.1 Å². The molecule has 3 aliphatic rings. The second kappa shape index (κ2) is 6.71. The summed E-state index contributed by atoms with van der Waals surface area (Å²) in [4.78, 5) is 3.23. The lowest BCUT2D eigenvalue weighted by Crippen LogP contribution is -2.41. The molecule has 25 heavy (non-hydrogen) atoms. The van der Waals surface area contributed by atoms with E-state index in [-0.39, 0.29) is 5.41 Å². The van der Waals surface area contributed by atoms with Crippen LogP contribution in [-0.4, -0.2) is 50.2 Å². The highest BCUT2D eigenvalue weighted by atomic mass is 32.1. The van der Waals surface area contributed by atoms with Crippen LogP contribution in [0, 0.1) is 5.41 Å². The SMILES string of the molecule is CCOP(=O)(OCC)C(c1cccs1)N1CC2(CC2)C2(C1)OCCO2. The van der Waals surface area contributed by atoms with Gasteiger partial charge in [0.15, 0.2) is 5.79 Å². The lowest BCUT2D eigenvalue weighted by Gasteiger charge is -2.33. The molecular formula is C17H26NO5PS. The van der Waals surface area contributed by atoms with E-state index in [4.69, 9.17) is 18.5 Å². The Kier molecular flexibility index (Phi) is 4.86. The van der Waals surface area contributed by atoms with Crippen LogP contribution < -0.4 is 0 Å². The Morgan fingerprint density at radius 2 is 1.92 bits per heavy atom. The van der Waals surface area contributed by atoms with E-state index >= 15 is 0 Å². The topological polar surface area (TPSA) is 57.2 Å². The Morgan fingerprint density at radius 3 is 2.44 bits per heavy atom. The normalized spacial score (nSPS) is 25.8. The van der Waals surface area contributed by atoms with Crippen molar-refractivity contribution in [2.45, 2.75) is 38.3 Å². The van der Waals surface area contributed by atoms with Crippen LogP contribution in [0.4, 0.5) is 0 Å². The Labute approximate surface area is 152 Å². The van der Waals surface area contributed by atoms with Gasteiger partial charge in [-0.05, 0) is 38.1 Å². The summed E-state index contributed by atoms with van der Waals surface area (Å²) in [6.07, 6.45) is 2.18. The molecule has 0 bridgehead atoms. The van der Waals surface area contributed by atoms with E-state index in [9.17, 15) is 4.57 Å². The Bertz CT molecular complexity index is 631. The smallest absolute Gasteiger partial charge is 0.346 e. The van der Waals surface area contributed by atoms with E-state index in [1.807, 2.05) is 31.4 Å². The van der Waals surface area contributed by atoms with E-state index in [1.165, 1.54) is 0 Å². The lowest BCUT2D eigenvalue weighted by atomic mass is 10.00. The number of rotatable bonds is 7. The lowest BCUT2D eigenvalue weighted by molar-refractivity contribution is -0.182. The Morgan fingerprint density at radius 1 is 1.24 bits per heavy atom. The first-order chi connectivity index (χ1) is 12.1. The summed E-state index contributed by atoms with van der Waals surface area (Å²) in [5.41, 5.74) is 0.0300. The van der Waals surface area contributed by atoms with Crippen molar-refractivity contribution in [1.29, 1.82) is 0 Å². The average molecular weight is 387 g/mol. The van der Waals surface area contributed by atoms with E-state index in [0.717, 1.165) is 24.3 Å². The highest BCUT2D eigenvalue weighted by Gasteiger charge is 2.69. The van der Waals surface area contributed by atoms with Crippen molar-refractivity contribution in [3.8, 4) is 0 Å². The third-order valence-electron chi connectivity index (χ3n) is 5.39. The van der Waals surface area contributed by atoms with Crippen molar-refractivity contribution in [2.75, 3.05) is 39.5 Å². The summed E-state index contributed by atoms with van der Waals surface area (Å²) in [5, 5.41) is 2.01. The van der Waals surface area contributed by atoms with Gasteiger partial charge in [0, 0.05) is 16.8 Å². The van der Waals surface area contributed by atoms with Gasteiger partial charge in [-0.25, -0.2) is 0 Å². The molecule has 1 aromatic heterocycles. The number of thiophene rings is 1. The molecule has 8 heteroatoms.